The van der Waals surface area contributed by atoms with E-state index in [9.17, 15) is 4.79 Å². The van der Waals surface area contributed by atoms with Gasteiger partial charge in [-0.25, -0.2) is 4.98 Å². The Kier molecular flexibility index (Phi) is 7.52. The van der Waals surface area contributed by atoms with Gasteiger partial charge in [-0.3, -0.25) is 15.0 Å². The molecule has 1 N–H and O–H groups in total. The van der Waals surface area contributed by atoms with Crippen LogP contribution in [0.1, 0.15) is 30.2 Å². The number of nitrogens with zero attached hydrogens (tertiary/aromatic N) is 2. The van der Waals surface area contributed by atoms with Crippen molar-refractivity contribution in [3.63, 3.8) is 0 Å². The van der Waals surface area contributed by atoms with Crippen molar-refractivity contribution in [2.45, 2.75) is 26.3 Å². The molecule has 0 saturated carbocycles. The van der Waals surface area contributed by atoms with Gasteiger partial charge in [0, 0.05) is 30.1 Å². The van der Waals surface area contributed by atoms with Crippen LogP contribution >= 0.6 is 11.3 Å². The molecule has 0 atom stereocenters. The average molecular weight is 452 g/mol. The van der Waals surface area contributed by atoms with Gasteiger partial charge in [0.2, 0.25) is 0 Å². The van der Waals surface area contributed by atoms with Gasteiger partial charge in [-0.1, -0.05) is 67.6 Å². The van der Waals surface area contributed by atoms with Gasteiger partial charge in [0.15, 0.2) is 11.7 Å². The zero-order chi connectivity index (χ0) is 22.3. The normalized spacial score (nSPS) is 14.5. The van der Waals surface area contributed by atoms with Crippen LogP contribution in [-0.4, -0.2) is 48.7 Å². The molecule has 7 heteroatoms. The van der Waals surface area contributed by atoms with Crippen molar-refractivity contribution >= 4 is 22.4 Å². The molecule has 1 amide bonds. The monoisotopic (exact) mass is 451 g/mol. The second-order valence-electron chi connectivity index (χ2n) is 8.11. The van der Waals surface area contributed by atoms with Crippen LogP contribution in [0.3, 0.4) is 0 Å². The van der Waals surface area contributed by atoms with E-state index < -0.39 is 0 Å². The van der Waals surface area contributed by atoms with Gasteiger partial charge >= 0.3 is 0 Å². The molecule has 2 aromatic carbocycles. The molecule has 0 aliphatic carbocycles. The molecule has 1 saturated heterocycles. The van der Waals surface area contributed by atoms with E-state index in [1.54, 1.807) is 0 Å². The summed E-state index contributed by atoms with van der Waals surface area (Å²) in [5.41, 5.74) is 3.15. The maximum absolute atomic E-state index is 12.6. The predicted octanol–water partition coefficient (Wildman–Crippen LogP) is 4.78. The summed E-state index contributed by atoms with van der Waals surface area (Å²) in [5, 5.41) is 3.51. The second kappa shape index (κ2) is 10.7. The largest absolute Gasteiger partial charge is 0.484 e. The molecule has 0 bridgehead atoms. The van der Waals surface area contributed by atoms with E-state index in [0.717, 1.165) is 49.0 Å². The topological polar surface area (TPSA) is 63.7 Å². The molecule has 168 valence electrons. The van der Waals surface area contributed by atoms with Gasteiger partial charge < -0.3 is 9.47 Å². The van der Waals surface area contributed by atoms with Crippen molar-refractivity contribution in [2.75, 3.05) is 38.2 Å². The number of ether oxygens (including phenoxy) is 2. The lowest BCUT2D eigenvalue weighted by molar-refractivity contribution is -0.118. The number of amides is 1. The molecule has 1 aliphatic heterocycles. The van der Waals surface area contributed by atoms with Crippen LogP contribution in [0, 0.1) is 0 Å². The summed E-state index contributed by atoms with van der Waals surface area (Å²) in [7, 11) is 0. The number of carbonyl (C=O) groups excluding carboxylic acids is 1. The zero-order valence-electron chi connectivity index (χ0n) is 18.5. The minimum absolute atomic E-state index is 0.0550. The number of carbonyl (C=O) groups is 1. The Balaban J connectivity index is 1.44. The Bertz CT molecular complexity index is 1030. The van der Waals surface area contributed by atoms with E-state index in [1.165, 1.54) is 16.9 Å². The number of hydrogen-bond donors (Lipinski definition) is 1. The molecule has 1 aliphatic rings. The van der Waals surface area contributed by atoms with E-state index in [0.29, 0.717) is 16.8 Å². The summed E-state index contributed by atoms with van der Waals surface area (Å²) in [6.45, 7) is 8.30. The fraction of sp³-hybridized carbons (Fsp3) is 0.360. The Labute approximate surface area is 193 Å². The third kappa shape index (κ3) is 5.94. The number of thiazole rings is 1. The zero-order valence-corrected chi connectivity index (χ0v) is 19.4. The highest BCUT2D eigenvalue weighted by Gasteiger charge is 2.19. The van der Waals surface area contributed by atoms with Crippen molar-refractivity contribution in [2.24, 2.45) is 0 Å². The van der Waals surface area contributed by atoms with Crippen molar-refractivity contribution in [3.8, 4) is 17.0 Å². The van der Waals surface area contributed by atoms with Crippen LogP contribution in [0.5, 0.6) is 5.75 Å². The number of aromatic nitrogens is 1. The summed E-state index contributed by atoms with van der Waals surface area (Å²) >= 11 is 1.52. The van der Waals surface area contributed by atoms with Crippen molar-refractivity contribution in [1.82, 2.24) is 9.88 Å². The molecule has 0 radical (unpaired) electrons. The van der Waals surface area contributed by atoms with Gasteiger partial charge in [-0.05, 0) is 23.6 Å². The summed E-state index contributed by atoms with van der Waals surface area (Å²) in [4.78, 5) is 20.8. The fourth-order valence-corrected chi connectivity index (χ4v) is 4.61. The molecule has 1 aromatic heterocycles. The smallest absolute Gasteiger partial charge is 0.264 e. The van der Waals surface area contributed by atoms with Crippen molar-refractivity contribution < 1.29 is 14.3 Å². The Hall–Kier alpha value is -2.74. The first-order valence-corrected chi connectivity index (χ1v) is 11.8. The van der Waals surface area contributed by atoms with Crippen LogP contribution in [-0.2, 0) is 16.1 Å². The van der Waals surface area contributed by atoms with Crippen molar-refractivity contribution in [3.05, 3.63) is 65.0 Å². The summed E-state index contributed by atoms with van der Waals surface area (Å²) in [6, 6.07) is 18.0. The lowest BCUT2D eigenvalue weighted by atomic mass is 10.0. The number of nitrogens with one attached hydrogen (secondary N) is 1. The first-order chi connectivity index (χ1) is 15.6. The molecule has 1 fully saturated rings. The van der Waals surface area contributed by atoms with Crippen LogP contribution in [0.2, 0.25) is 0 Å². The van der Waals surface area contributed by atoms with Gasteiger partial charge in [-0.15, -0.1) is 0 Å². The maximum Gasteiger partial charge on any atom is 0.264 e. The Morgan fingerprint density at radius 2 is 1.94 bits per heavy atom. The van der Waals surface area contributed by atoms with E-state index in [1.807, 2.05) is 48.5 Å². The average Bonchev–Trinajstić information content (AvgIpc) is 3.21. The minimum Gasteiger partial charge on any atom is -0.484 e. The van der Waals surface area contributed by atoms with Crippen molar-refractivity contribution in [1.29, 1.82) is 0 Å². The SMILES string of the molecule is CC(C)c1cccc(OCC(=O)Nc2nc(-c3ccccc3)c(CN3CCOCC3)s2)c1. The second-order valence-corrected chi connectivity index (χ2v) is 9.19. The van der Waals surface area contributed by atoms with Crippen LogP contribution < -0.4 is 10.1 Å². The molecule has 6 nitrogen and oxygen atoms in total. The Morgan fingerprint density at radius 1 is 1.16 bits per heavy atom. The summed E-state index contributed by atoms with van der Waals surface area (Å²) < 4.78 is 11.2. The van der Waals surface area contributed by atoms with E-state index in [-0.39, 0.29) is 12.5 Å². The predicted molar refractivity (Wildman–Crippen MR) is 128 cm³/mol. The van der Waals surface area contributed by atoms with Crippen LogP contribution in [0.15, 0.2) is 54.6 Å². The standard InChI is InChI=1S/C25H29N3O3S/c1-18(2)20-9-6-10-21(15-20)31-17-23(29)26-25-27-24(19-7-4-3-5-8-19)22(32-25)16-28-11-13-30-14-12-28/h3-10,15,18H,11-14,16-17H2,1-2H3,(H,26,27,29). The number of rotatable bonds is 8. The third-order valence-corrected chi connectivity index (χ3v) is 6.31. The first-order valence-electron chi connectivity index (χ1n) is 11.0. The van der Waals surface area contributed by atoms with Gasteiger partial charge in [0.1, 0.15) is 5.75 Å². The quantitative estimate of drug-likeness (QED) is 0.534. The third-order valence-electron chi connectivity index (χ3n) is 5.36. The molecular weight excluding hydrogens is 422 g/mol. The number of hydrogen-bond acceptors (Lipinski definition) is 6. The highest BCUT2D eigenvalue weighted by Crippen LogP contribution is 2.32. The van der Waals surface area contributed by atoms with Crippen LogP contribution in [0.4, 0.5) is 5.13 Å². The molecule has 0 unspecified atom stereocenters. The van der Waals surface area contributed by atoms with Gasteiger partial charge in [-0.2, -0.15) is 0 Å². The van der Waals surface area contributed by atoms with Gasteiger partial charge in [0.25, 0.3) is 5.91 Å². The molecule has 0 spiro atoms. The van der Waals surface area contributed by atoms with Crippen LogP contribution in [0.25, 0.3) is 11.3 Å². The minimum atomic E-state index is -0.216. The maximum atomic E-state index is 12.6. The highest BCUT2D eigenvalue weighted by molar-refractivity contribution is 7.16. The fourth-order valence-electron chi connectivity index (χ4n) is 3.56. The summed E-state index contributed by atoms with van der Waals surface area (Å²) in [5.74, 6) is 0.888. The van der Waals surface area contributed by atoms with Gasteiger partial charge in [0.05, 0.1) is 18.9 Å². The molecule has 32 heavy (non-hydrogen) atoms. The lowest BCUT2D eigenvalue weighted by Gasteiger charge is -2.26. The summed E-state index contributed by atoms with van der Waals surface area (Å²) in [6.07, 6.45) is 0. The molecule has 2 heterocycles. The highest BCUT2D eigenvalue weighted by atomic mass is 32.1. The number of anilines is 1. The number of benzene rings is 2. The Morgan fingerprint density at radius 3 is 2.69 bits per heavy atom. The first kappa shape index (κ1) is 22.5. The van der Waals surface area contributed by atoms with E-state index >= 15 is 0 Å². The molecule has 3 aromatic rings. The number of morpholine rings is 1. The van der Waals surface area contributed by atoms with E-state index in [2.05, 4.69) is 30.1 Å². The molecule has 4 rings (SSSR count). The molecular formula is C25H29N3O3S. The lowest BCUT2D eigenvalue weighted by Crippen LogP contribution is -2.35. The van der Waals surface area contributed by atoms with E-state index in [4.69, 9.17) is 14.5 Å².